The van der Waals surface area contributed by atoms with Crippen LogP contribution < -0.4 is 4.90 Å². The highest BCUT2D eigenvalue weighted by Gasteiger charge is 2.10. The Morgan fingerprint density at radius 1 is 1.05 bits per heavy atom. The first-order chi connectivity index (χ1) is 9.69. The lowest BCUT2D eigenvalue weighted by molar-refractivity contribution is -0.117. The number of Topliss-reactive ketones (excluding diaryl/α,β-unsaturated/α-hetero) is 1. The summed E-state index contributed by atoms with van der Waals surface area (Å²) in [5.74, 6) is 0.391. The molecule has 3 nitrogen and oxygen atoms in total. The molecule has 0 atom stereocenters. The molecule has 0 saturated carbocycles. The van der Waals surface area contributed by atoms with E-state index in [9.17, 15) is 9.90 Å². The van der Waals surface area contributed by atoms with Crippen LogP contribution in [0.3, 0.4) is 0 Å². The van der Waals surface area contributed by atoms with Crippen molar-refractivity contribution >= 4 is 11.5 Å². The molecule has 0 bridgehead atoms. The summed E-state index contributed by atoms with van der Waals surface area (Å²) < 4.78 is 0. The summed E-state index contributed by atoms with van der Waals surface area (Å²) in [6.07, 6.45) is 0.392. The Morgan fingerprint density at radius 3 is 2.30 bits per heavy atom. The van der Waals surface area contributed by atoms with Crippen molar-refractivity contribution in [3.8, 4) is 5.75 Å². The summed E-state index contributed by atoms with van der Waals surface area (Å²) >= 11 is 0. The summed E-state index contributed by atoms with van der Waals surface area (Å²) in [6.45, 7) is 3.24. The van der Waals surface area contributed by atoms with Gasteiger partial charge < -0.3 is 10.0 Å². The third kappa shape index (κ3) is 3.85. The molecule has 0 aromatic heterocycles. The molecule has 0 heterocycles. The van der Waals surface area contributed by atoms with Crippen molar-refractivity contribution in [3.05, 3.63) is 60.2 Å². The number of nitrogens with zero attached hydrogens (tertiary/aromatic N) is 1. The second kappa shape index (κ2) is 6.75. The van der Waals surface area contributed by atoms with E-state index in [2.05, 4.69) is 4.90 Å². The molecule has 104 valence electrons. The summed E-state index contributed by atoms with van der Waals surface area (Å²) in [5.41, 5.74) is 1.99. The Labute approximate surface area is 119 Å². The third-order valence-electron chi connectivity index (χ3n) is 3.21. The highest BCUT2D eigenvalue weighted by Crippen LogP contribution is 2.14. The number of likely N-dealkylation sites (N-methyl/N-ethyl adjacent to an activating group) is 1. The van der Waals surface area contributed by atoms with Gasteiger partial charge in [0.15, 0.2) is 5.78 Å². The average molecular weight is 269 g/mol. The fraction of sp³-hybridized carbons (Fsp3) is 0.235. The van der Waals surface area contributed by atoms with Crippen LogP contribution in [0.25, 0.3) is 0 Å². The van der Waals surface area contributed by atoms with Gasteiger partial charge in [-0.05, 0) is 36.8 Å². The Bertz CT molecular complexity index is 549. The highest BCUT2D eigenvalue weighted by atomic mass is 16.3. The van der Waals surface area contributed by atoms with Crippen LogP contribution in [0.5, 0.6) is 5.75 Å². The summed E-state index contributed by atoms with van der Waals surface area (Å²) in [5, 5.41) is 9.23. The predicted molar refractivity (Wildman–Crippen MR) is 81.1 cm³/mol. The first kappa shape index (κ1) is 14.1. The first-order valence-corrected chi connectivity index (χ1v) is 6.78. The number of phenolic OH excluding ortho intramolecular Hbond substituents is 1. The minimum absolute atomic E-state index is 0.168. The average Bonchev–Trinajstić information content (AvgIpc) is 2.48. The van der Waals surface area contributed by atoms with Crippen molar-refractivity contribution in [3.63, 3.8) is 0 Å². The Hall–Kier alpha value is -2.29. The number of ketones is 1. The molecule has 3 heteroatoms. The molecular formula is C17H19NO2. The number of aromatic hydroxyl groups is 1. The monoisotopic (exact) mass is 269 g/mol. The molecule has 20 heavy (non-hydrogen) atoms. The van der Waals surface area contributed by atoms with Crippen LogP contribution >= 0.6 is 0 Å². The topological polar surface area (TPSA) is 40.5 Å². The molecule has 0 aliphatic heterocycles. The van der Waals surface area contributed by atoms with Crippen molar-refractivity contribution in [2.24, 2.45) is 0 Å². The number of hydrogen-bond acceptors (Lipinski definition) is 3. The number of benzene rings is 2. The first-order valence-electron chi connectivity index (χ1n) is 6.78. The Morgan fingerprint density at radius 2 is 1.70 bits per heavy atom. The molecule has 0 spiro atoms. The number of para-hydroxylation sites is 1. The van der Waals surface area contributed by atoms with Crippen molar-refractivity contribution in [2.75, 3.05) is 18.0 Å². The number of rotatable bonds is 6. The maximum Gasteiger partial charge on any atom is 0.156 e. The van der Waals surface area contributed by atoms with E-state index in [1.54, 1.807) is 24.3 Å². The molecule has 0 unspecified atom stereocenters. The molecular weight excluding hydrogens is 250 g/mol. The van der Waals surface area contributed by atoms with Gasteiger partial charge in [-0.3, -0.25) is 4.79 Å². The van der Waals surface area contributed by atoms with E-state index in [-0.39, 0.29) is 11.5 Å². The van der Waals surface area contributed by atoms with Crippen LogP contribution in [0.4, 0.5) is 5.69 Å². The van der Waals surface area contributed by atoms with Crippen molar-refractivity contribution in [1.82, 2.24) is 0 Å². The predicted octanol–water partition coefficient (Wildman–Crippen LogP) is 3.03. The standard InChI is InChI=1S/C17H19NO2/c1-2-18(15-6-4-3-5-7-15)13-17(20)12-14-8-10-16(19)11-9-14/h3-11,19H,2,12-13H2,1H3. The van der Waals surface area contributed by atoms with E-state index in [1.165, 1.54) is 0 Å². The van der Waals surface area contributed by atoms with Gasteiger partial charge in [0.25, 0.3) is 0 Å². The van der Waals surface area contributed by atoms with Gasteiger partial charge in [-0.15, -0.1) is 0 Å². The molecule has 2 aromatic carbocycles. The Balaban J connectivity index is 1.97. The van der Waals surface area contributed by atoms with Crippen molar-refractivity contribution in [2.45, 2.75) is 13.3 Å². The summed E-state index contributed by atoms with van der Waals surface area (Å²) in [6, 6.07) is 16.7. The van der Waals surface area contributed by atoms with Gasteiger partial charge in [-0.1, -0.05) is 30.3 Å². The maximum atomic E-state index is 12.1. The molecule has 0 radical (unpaired) electrons. The van der Waals surface area contributed by atoms with Crippen LogP contribution in [0.1, 0.15) is 12.5 Å². The molecule has 2 rings (SSSR count). The SMILES string of the molecule is CCN(CC(=O)Cc1ccc(O)cc1)c1ccccc1. The normalized spacial score (nSPS) is 10.2. The van der Waals surface area contributed by atoms with E-state index in [0.717, 1.165) is 17.8 Å². The van der Waals surface area contributed by atoms with Gasteiger partial charge in [0, 0.05) is 18.7 Å². The van der Waals surface area contributed by atoms with E-state index in [0.29, 0.717) is 13.0 Å². The minimum Gasteiger partial charge on any atom is -0.508 e. The fourth-order valence-electron chi connectivity index (χ4n) is 2.13. The summed E-state index contributed by atoms with van der Waals surface area (Å²) in [7, 11) is 0. The van der Waals surface area contributed by atoms with Gasteiger partial charge in [0.2, 0.25) is 0 Å². The minimum atomic E-state index is 0.168. The number of carbonyl (C=O) groups is 1. The molecule has 2 aromatic rings. The molecule has 0 aliphatic carbocycles. The zero-order chi connectivity index (χ0) is 14.4. The third-order valence-corrected chi connectivity index (χ3v) is 3.21. The van der Waals surface area contributed by atoms with Crippen LogP contribution in [0.15, 0.2) is 54.6 Å². The van der Waals surface area contributed by atoms with Gasteiger partial charge in [-0.25, -0.2) is 0 Å². The lowest BCUT2D eigenvalue weighted by Crippen LogP contribution is -2.30. The quantitative estimate of drug-likeness (QED) is 0.876. The molecule has 0 aliphatic rings. The van der Waals surface area contributed by atoms with Crippen LogP contribution in [0.2, 0.25) is 0 Å². The van der Waals surface area contributed by atoms with Gasteiger partial charge in [-0.2, -0.15) is 0 Å². The molecule has 0 saturated heterocycles. The number of carbonyl (C=O) groups excluding carboxylic acids is 1. The molecule has 0 fully saturated rings. The molecule has 0 amide bonds. The highest BCUT2D eigenvalue weighted by molar-refractivity contribution is 5.85. The zero-order valence-corrected chi connectivity index (χ0v) is 11.6. The van der Waals surface area contributed by atoms with E-state index < -0.39 is 0 Å². The van der Waals surface area contributed by atoms with Gasteiger partial charge in [0.05, 0.1) is 6.54 Å². The lowest BCUT2D eigenvalue weighted by Gasteiger charge is -2.22. The Kier molecular flexibility index (Phi) is 4.77. The van der Waals surface area contributed by atoms with Gasteiger partial charge >= 0.3 is 0 Å². The van der Waals surface area contributed by atoms with E-state index in [1.807, 2.05) is 37.3 Å². The smallest absolute Gasteiger partial charge is 0.156 e. The lowest BCUT2D eigenvalue weighted by atomic mass is 10.1. The van der Waals surface area contributed by atoms with Gasteiger partial charge in [0.1, 0.15) is 5.75 Å². The van der Waals surface area contributed by atoms with E-state index >= 15 is 0 Å². The number of anilines is 1. The van der Waals surface area contributed by atoms with E-state index in [4.69, 9.17) is 0 Å². The number of phenols is 1. The zero-order valence-electron chi connectivity index (χ0n) is 11.6. The van der Waals surface area contributed by atoms with Crippen molar-refractivity contribution < 1.29 is 9.90 Å². The van der Waals surface area contributed by atoms with Crippen molar-refractivity contribution in [1.29, 1.82) is 0 Å². The van der Waals surface area contributed by atoms with Crippen LogP contribution in [-0.4, -0.2) is 24.0 Å². The van der Waals surface area contributed by atoms with Crippen LogP contribution in [-0.2, 0) is 11.2 Å². The largest absolute Gasteiger partial charge is 0.508 e. The molecule has 1 N–H and O–H groups in total. The fourth-order valence-corrected chi connectivity index (χ4v) is 2.13. The summed E-state index contributed by atoms with van der Waals surface area (Å²) in [4.78, 5) is 14.2. The van der Waals surface area contributed by atoms with Crippen LogP contribution in [0, 0.1) is 0 Å². The second-order valence-corrected chi connectivity index (χ2v) is 4.73. The second-order valence-electron chi connectivity index (χ2n) is 4.73. The maximum absolute atomic E-state index is 12.1. The number of hydrogen-bond donors (Lipinski definition) is 1.